The van der Waals surface area contributed by atoms with Crippen molar-refractivity contribution in [3.05, 3.63) is 29.8 Å². The van der Waals surface area contributed by atoms with Crippen LogP contribution in [0.2, 0.25) is 0 Å². The Morgan fingerprint density at radius 2 is 2.00 bits per heavy atom. The highest BCUT2D eigenvalue weighted by Gasteiger charge is 2.30. The number of hydrogen-bond donors (Lipinski definition) is 1. The van der Waals surface area contributed by atoms with E-state index in [1.54, 1.807) is 12.1 Å². The maximum atomic E-state index is 12.4. The molecule has 0 saturated heterocycles. The predicted molar refractivity (Wildman–Crippen MR) is 81.2 cm³/mol. The van der Waals surface area contributed by atoms with Gasteiger partial charge in [-0.15, -0.1) is 0 Å². The Labute approximate surface area is 124 Å². The van der Waals surface area contributed by atoms with Gasteiger partial charge in [-0.1, -0.05) is 48.0 Å². The fourth-order valence-electron chi connectivity index (χ4n) is 2.13. The molecule has 19 heavy (non-hydrogen) atoms. The minimum Gasteiger partial charge on any atom is -0.208 e. The highest BCUT2D eigenvalue weighted by Crippen LogP contribution is 2.32. The fraction of sp³-hybridized carbons (Fsp3) is 0.571. The molecule has 0 spiro atoms. The largest absolute Gasteiger partial charge is 0.241 e. The van der Waals surface area contributed by atoms with Crippen LogP contribution in [-0.2, 0) is 10.0 Å². The second kappa shape index (κ2) is 5.94. The summed E-state index contributed by atoms with van der Waals surface area (Å²) in [6.45, 7) is 4.16. The molecule has 3 nitrogen and oxygen atoms in total. The van der Waals surface area contributed by atoms with Crippen LogP contribution in [0.15, 0.2) is 29.2 Å². The first-order valence-electron chi connectivity index (χ1n) is 6.71. The van der Waals surface area contributed by atoms with Crippen LogP contribution >= 0.6 is 15.9 Å². The molecule has 0 aromatic heterocycles. The predicted octanol–water partition coefficient (Wildman–Crippen LogP) is 3.40. The van der Waals surface area contributed by atoms with E-state index in [0.29, 0.717) is 4.90 Å². The van der Waals surface area contributed by atoms with Gasteiger partial charge in [-0.2, -0.15) is 0 Å². The van der Waals surface area contributed by atoms with E-state index >= 15 is 0 Å². The molecule has 0 aliphatic heterocycles. The van der Waals surface area contributed by atoms with Crippen LogP contribution in [0.3, 0.4) is 0 Å². The Kier molecular flexibility index (Phi) is 4.69. The highest BCUT2D eigenvalue weighted by atomic mass is 79.9. The van der Waals surface area contributed by atoms with Crippen LogP contribution in [0, 0.1) is 0 Å². The molecular formula is C14H20BrNO2S. The lowest BCUT2D eigenvalue weighted by atomic mass is 9.96. The Morgan fingerprint density at radius 3 is 2.58 bits per heavy atom. The number of nitrogens with one attached hydrogen (secondary N) is 1. The summed E-state index contributed by atoms with van der Waals surface area (Å²) >= 11 is 3.63. The number of hydrogen-bond acceptors (Lipinski definition) is 2. The van der Waals surface area contributed by atoms with Gasteiger partial charge in [-0.05, 0) is 36.8 Å². The van der Waals surface area contributed by atoms with Crippen LogP contribution in [-0.4, -0.2) is 19.3 Å². The van der Waals surface area contributed by atoms with Crippen molar-refractivity contribution >= 4 is 26.0 Å². The number of rotatable bonds is 6. The van der Waals surface area contributed by atoms with E-state index < -0.39 is 10.0 Å². The van der Waals surface area contributed by atoms with Crippen molar-refractivity contribution in [3.8, 4) is 0 Å². The molecule has 1 N–H and O–H groups in total. The summed E-state index contributed by atoms with van der Waals surface area (Å²) in [7, 11) is -3.39. The highest BCUT2D eigenvalue weighted by molar-refractivity contribution is 9.09. The first kappa shape index (κ1) is 15.0. The van der Waals surface area contributed by atoms with Gasteiger partial charge in [0.15, 0.2) is 0 Å². The maximum absolute atomic E-state index is 12.4. The zero-order valence-corrected chi connectivity index (χ0v) is 13.7. The van der Waals surface area contributed by atoms with E-state index in [-0.39, 0.29) is 16.8 Å². The van der Waals surface area contributed by atoms with E-state index in [0.717, 1.165) is 24.8 Å². The third-order valence-electron chi connectivity index (χ3n) is 3.53. The van der Waals surface area contributed by atoms with E-state index in [2.05, 4.69) is 34.5 Å². The normalized spacial score (nSPS) is 19.1. The van der Waals surface area contributed by atoms with Crippen molar-refractivity contribution in [3.63, 3.8) is 0 Å². The average molecular weight is 346 g/mol. The van der Waals surface area contributed by atoms with Crippen molar-refractivity contribution in [1.29, 1.82) is 0 Å². The number of alkyl halides is 1. The van der Waals surface area contributed by atoms with Crippen LogP contribution < -0.4 is 4.72 Å². The molecule has 1 aromatic rings. The lowest BCUT2D eigenvalue weighted by Crippen LogP contribution is -2.27. The van der Waals surface area contributed by atoms with Gasteiger partial charge in [-0.25, -0.2) is 13.1 Å². The summed E-state index contributed by atoms with van der Waals surface area (Å²) in [6.07, 6.45) is 2.87. The number of halogens is 1. The van der Waals surface area contributed by atoms with Gasteiger partial charge < -0.3 is 0 Å². The van der Waals surface area contributed by atoms with Gasteiger partial charge in [0.25, 0.3) is 0 Å². The molecule has 0 heterocycles. The molecule has 2 atom stereocenters. The summed E-state index contributed by atoms with van der Waals surface area (Å²) in [4.78, 5) is 0.706. The maximum Gasteiger partial charge on any atom is 0.241 e. The van der Waals surface area contributed by atoms with Crippen molar-refractivity contribution < 1.29 is 8.42 Å². The summed E-state index contributed by atoms with van der Waals surface area (Å²) in [5.41, 5.74) is 0.888. The number of benzene rings is 1. The smallest absolute Gasteiger partial charge is 0.208 e. The first-order chi connectivity index (χ1) is 8.95. The zero-order valence-electron chi connectivity index (χ0n) is 11.3. The van der Waals surface area contributed by atoms with Crippen molar-refractivity contribution in [2.24, 2.45) is 0 Å². The minimum absolute atomic E-state index is 0.138. The van der Waals surface area contributed by atoms with E-state index in [1.165, 1.54) is 0 Å². The Balaban J connectivity index is 2.34. The lowest BCUT2D eigenvalue weighted by molar-refractivity contribution is 0.576. The Morgan fingerprint density at radius 1 is 1.37 bits per heavy atom. The van der Waals surface area contributed by atoms with E-state index in [1.807, 2.05) is 12.1 Å². The molecule has 1 aliphatic rings. The molecule has 1 aliphatic carbocycles. The van der Waals surface area contributed by atoms with Gasteiger partial charge in [0.2, 0.25) is 10.0 Å². The molecule has 1 fully saturated rings. The third-order valence-corrected chi connectivity index (χ3v) is 6.57. The van der Waals surface area contributed by atoms with Crippen LogP contribution in [0.25, 0.3) is 0 Å². The van der Waals surface area contributed by atoms with Gasteiger partial charge in [0, 0.05) is 10.9 Å². The summed E-state index contributed by atoms with van der Waals surface area (Å²) in [5, 5.41) is 0. The van der Waals surface area contributed by atoms with Gasteiger partial charge >= 0.3 is 0 Å². The SMILES string of the molecule is CCC(Br)C(C)c1ccccc1S(=O)(=O)NC1CC1. The lowest BCUT2D eigenvalue weighted by Gasteiger charge is -2.20. The monoisotopic (exact) mass is 345 g/mol. The molecule has 2 rings (SSSR count). The van der Waals surface area contributed by atoms with Crippen LogP contribution in [0.4, 0.5) is 0 Å². The molecule has 1 saturated carbocycles. The van der Waals surface area contributed by atoms with Gasteiger partial charge in [0.1, 0.15) is 0 Å². The van der Waals surface area contributed by atoms with Crippen LogP contribution in [0.1, 0.15) is 44.6 Å². The van der Waals surface area contributed by atoms with Gasteiger partial charge in [0.05, 0.1) is 4.90 Å². The quantitative estimate of drug-likeness (QED) is 0.803. The molecule has 0 bridgehead atoms. The standard InChI is InChI=1S/C14H20BrNO2S/c1-3-13(15)10(2)12-6-4-5-7-14(12)19(17,18)16-11-8-9-11/h4-7,10-11,13,16H,3,8-9H2,1-2H3. The molecular weight excluding hydrogens is 326 g/mol. The van der Waals surface area contributed by atoms with E-state index in [4.69, 9.17) is 0 Å². The number of sulfonamides is 1. The van der Waals surface area contributed by atoms with Crippen LogP contribution in [0.5, 0.6) is 0 Å². The fourth-order valence-corrected chi connectivity index (χ4v) is 4.04. The molecule has 0 amide bonds. The Bertz CT molecular complexity index is 540. The van der Waals surface area contributed by atoms with Crippen molar-refractivity contribution in [2.75, 3.05) is 0 Å². The molecule has 1 aromatic carbocycles. The molecule has 2 unspecified atom stereocenters. The minimum atomic E-state index is -3.39. The molecule has 0 radical (unpaired) electrons. The zero-order chi connectivity index (χ0) is 14.0. The summed E-state index contributed by atoms with van der Waals surface area (Å²) in [5.74, 6) is 0.164. The third kappa shape index (κ3) is 3.58. The summed E-state index contributed by atoms with van der Waals surface area (Å²) in [6, 6.07) is 7.44. The Hall–Kier alpha value is -0.390. The van der Waals surface area contributed by atoms with E-state index in [9.17, 15) is 8.42 Å². The van der Waals surface area contributed by atoms with Crippen molar-refractivity contribution in [2.45, 2.75) is 54.8 Å². The first-order valence-corrected chi connectivity index (χ1v) is 9.11. The molecule has 106 valence electrons. The average Bonchev–Trinajstić information content (AvgIpc) is 3.20. The summed E-state index contributed by atoms with van der Waals surface area (Å²) < 4.78 is 27.5. The van der Waals surface area contributed by atoms with Crippen molar-refractivity contribution in [1.82, 2.24) is 4.72 Å². The topological polar surface area (TPSA) is 46.2 Å². The molecule has 5 heteroatoms. The second-order valence-electron chi connectivity index (χ2n) is 5.15. The van der Waals surface area contributed by atoms with Gasteiger partial charge in [-0.3, -0.25) is 0 Å². The second-order valence-corrected chi connectivity index (χ2v) is 8.00.